The second-order valence-electron chi connectivity index (χ2n) is 6.37. The molecule has 14 heteroatoms. The van der Waals surface area contributed by atoms with E-state index < -0.39 is 20.8 Å². The largest absolute Gasteiger partial charge is 0.726 e. The van der Waals surface area contributed by atoms with Gasteiger partial charge in [-0.2, -0.15) is 0 Å². The van der Waals surface area contributed by atoms with Gasteiger partial charge in [0, 0.05) is 24.6 Å². The fourth-order valence-corrected chi connectivity index (χ4v) is 2.59. The van der Waals surface area contributed by atoms with Crippen molar-refractivity contribution in [1.29, 1.82) is 0 Å². The molecule has 12 nitrogen and oxygen atoms in total. The monoisotopic (exact) mass is 490 g/mol. The number of aromatic nitrogens is 4. The van der Waals surface area contributed by atoms with Crippen LogP contribution in [0.3, 0.4) is 0 Å². The molecule has 0 atom stereocenters. The van der Waals surface area contributed by atoms with Gasteiger partial charge in [-0.15, -0.1) is 0 Å². The molecule has 0 aliphatic rings. The molecule has 0 radical (unpaired) electrons. The Morgan fingerprint density at radius 1 is 1.00 bits per heavy atom. The first-order chi connectivity index (χ1) is 14.7. The van der Waals surface area contributed by atoms with E-state index in [1.807, 2.05) is 28.5 Å². The highest BCUT2D eigenvalue weighted by atomic mass is 32.3. The molecule has 0 aliphatic carbocycles. The van der Waals surface area contributed by atoms with E-state index >= 15 is 0 Å². The quantitative estimate of drug-likeness (QED) is 0.272. The van der Waals surface area contributed by atoms with Crippen LogP contribution < -0.4 is 9.08 Å². The van der Waals surface area contributed by atoms with Crippen LogP contribution in [0.5, 0.6) is 0 Å². The van der Waals surface area contributed by atoms with Gasteiger partial charge in [0.1, 0.15) is 12.7 Å². The molecule has 3 aromatic rings. The average Bonchev–Trinajstić information content (AvgIpc) is 3.07. The maximum Gasteiger partial charge on any atom is 0.312 e. The van der Waals surface area contributed by atoms with Crippen LogP contribution in [0.25, 0.3) is 17.0 Å². The van der Waals surface area contributed by atoms with Crippen LogP contribution >= 0.6 is 0 Å². The number of hydrogen-bond donors (Lipinski definition) is 0. The number of rotatable bonds is 4. The summed E-state index contributed by atoms with van der Waals surface area (Å²) in [6, 6.07) is 8.53. The first-order valence-corrected chi connectivity index (χ1v) is 11.8. The number of fused-ring (bicyclic) bond motifs is 1. The van der Waals surface area contributed by atoms with Crippen molar-refractivity contribution in [2.45, 2.75) is 20.3 Å². The smallest absolute Gasteiger partial charge is 0.312 e. The third-order valence-electron chi connectivity index (χ3n) is 4.20. The van der Waals surface area contributed by atoms with E-state index in [9.17, 15) is 25.9 Å². The average molecular weight is 491 g/mol. The second kappa shape index (κ2) is 11.4. The molecule has 3 heterocycles. The predicted molar refractivity (Wildman–Crippen MR) is 111 cm³/mol. The fourth-order valence-electron chi connectivity index (χ4n) is 2.59. The lowest BCUT2D eigenvalue weighted by molar-refractivity contribution is -0.671. The van der Waals surface area contributed by atoms with Gasteiger partial charge in [-0.05, 0) is 23.7 Å². The molecular formula is C18H26N4O8S2. The molecule has 0 saturated heterocycles. The van der Waals surface area contributed by atoms with Crippen molar-refractivity contribution >= 4 is 26.4 Å². The van der Waals surface area contributed by atoms with E-state index in [2.05, 4.69) is 58.1 Å². The molecule has 178 valence electrons. The van der Waals surface area contributed by atoms with Crippen LogP contribution in [-0.4, -0.2) is 49.8 Å². The van der Waals surface area contributed by atoms with Crippen LogP contribution in [0.1, 0.15) is 18.2 Å². The van der Waals surface area contributed by atoms with Gasteiger partial charge in [-0.25, -0.2) is 26.0 Å². The van der Waals surface area contributed by atoms with Gasteiger partial charge >= 0.3 is 5.65 Å². The van der Waals surface area contributed by atoms with Crippen LogP contribution in [0.4, 0.5) is 0 Å². The first kappa shape index (κ1) is 27.5. The van der Waals surface area contributed by atoms with Gasteiger partial charge in [-0.3, -0.25) is 8.37 Å². The van der Waals surface area contributed by atoms with Crippen LogP contribution in [-0.2, 0) is 49.7 Å². The summed E-state index contributed by atoms with van der Waals surface area (Å²) in [7, 11) is -3.10. The lowest BCUT2D eigenvalue weighted by Crippen LogP contribution is -2.28. The van der Waals surface area contributed by atoms with E-state index in [4.69, 9.17) is 5.10 Å². The highest BCUT2D eigenvalue weighted by molar-refractivity contribution is 7.81. The van der Waals surface area contributed by atoms with Crippen molar-refractivity contribution in [2.75, 3.05) is 14.2 Å². The van der Waals surface area contributed by atoms with Crippen molar-refractivity contribution in [1.82, 2.24) is 9.67 Å². The molecule has 0 unspecified atom stereocenters. The summed E-state index contributed by atoms with van der Waals surface area (Å²) in [6.07, 6.45) is 5.10. The Labute approximate surface area is 187 Å². The number of hydrogen-bond acceptors (Lipinski definition) is 9. The summed E-state index contributed by atoms with van der Waals surface area (Å²) < 4.78 is 68.3. The Kier molecular flexibility index (Phi) is 9.81. The molecule has 3 rings (SSSR count). The summed E-state index contributed by atoms with van der Waals surface area (Å²) in [6.45, 7) is 4.27. The Balaban J connectivity index is 0.000000355. The minimum atomic E-state index is -4.41. The van der Waals surface area contributed by atoms with Gasteiger partial charge in [0.05, 0.1) is 26.8 Å². The molecule has 0 aromatic carbocycles. The lowest BCUT2D eigenvalue weighted by atomic mass is 10.2. The predicted octanol–water partition coefficient (Wildman–Crippen LogP) is -0.293. The Morgan fingerprint density at radius 2 is 1.47 bits per heavy atom. The lowest BCUT2D eigenvalue weighted by Gasteiger charge is -1.98. The van der Waals surface area contributed by atoms with E-state index in [1.165, 1.54) is 11.2 Å². The summed E-state index contributed by atoms with van der Waals surface area (Å²) in [5.41, 5.74) is 4.78. The fraction of sp³-hybridized carbons (Fsp3) is 0.389. The zero-order valence-corrected chi connectivity index (χ0v) is 20.2. The van der Waals surface area contributed by atoms with E-state index in [0.29, 0.717) is 0 Å². The van der Waals surface area contributed by atoms with Gasteiger partial charge < -0.3 is 9.11 Å². The minimum absolute atomic E-state index is 0.808. The second-order valence-corrected chi connectivity index (χ2v) is 8.67. The Hall–Kier alpha value is -2.49. The van der Waals surface area contributed by atoms with Crippen molar-refractivity contribution in [3.63, 3.8) is 0 Å². The molecule has 0 saturated carbocycles. The summed E-state index contributed by atoms with van der Waals surface area (Å²) in [5.74, 6) is 0.995. The number of nitrogens with zero attached hydrogens (tertiary/aromatic N) is 4. The first-order valence-electron chi connectivity index (χ1n) is 9.09. The molecule has 3 aromatic heterocycles. The molecule has 0 aliphatic heterocycles. The zero-order valence-electron chi connectivity index (χ0n) is 18.5. The summed E-state index contributed by atoms with van der Waals surface area (Å²) in [4.78, 5) is 0. The van der Waals surface area contributed by atoms with Gasteiger partial charge in [-0.1, -0.05) is 11.4 Å². The standard InChI is InChI=1S/C16H20N4.2CH4O4S/c1-5-13-7-6-12(2)20-16(13)19(4)15(17-20)14-8-10-18(3)11-9-14;2*1-5-6(2,3)4/h6-11H,5H2,1-4H3;2*1H3,(H,2,3,4)/q+2;;/p-2. The van der Waals surface area contributed by atoms with E-state index in [-0.39, 0.29) is 0 Å². The normalized spacial score (nSPS) is 11.4. The van der Waals surface area contributed by atoms with Gasteiger partial charge in [0.25, 0.3) is 5.82 Å². The third kappa shape index (κ3) is 8.22. The highest BCUT2D eigenvalue weighted by Gasteiger charge is 2.22. The molecule has 0 N–H and O–H groups in total. The SMILES string of the molecule is CCc1ccc(C)[n+]2nc(-c3cc[n+](C)cc3)n(C)c12.COS(=O)(=O)[O-].COS(=O)(=O)[O-]. The van der Waals surface area contributed by atoms with Crippen molar-refractivity contribution in [2.24, 2.45) is 14.1 Å². The number of pyridine rings is 2. The van der Waals surface area contributed by atoms with Crippen LogP contribution in [0.15, 0.2) is 36.7 Å². The molecule has 32 heavy (non-hydrogen) atoms. The minimum Gasteiger partial charge on any atom is -0.726 e. The van der Waals surface area contributed by atoms with Crippen molar-refractivity contribution in [3.8, 4) is 11.4 Å². The zero-order chi connectivity index (χ0) is 24.7. The van der Waals surface area contributed by atoms with E-state index in [1.54, 1.807) is 0 Å². The Morgan fingerprint density at radius 3 is 1.88 bits per heavy atom. The van der Waals surface area contributed by atoms with Crippen molar-refractivity contribution in [3.05, 3.63) is 47.9 Å². The van der Waals surface area contributed by atoms with Crippen LogP contribution in [0, 0.1) is 6.92 Å². The maximum atomic E-state index is 9.22. The van der Waals surface area contributed by atoms with Crippen LogP contribution in [0.2, 0.25) is 0 Å². The molecule has 0 spiro atoms. The summed E-state index contributed by atoms with van der Waals surface area (Å²) >= 11 is 0. The van der Waals surface area contributed by atoms with E-state index in [0.717, 1.165) is 37.7 Å². The Bertz CT molecular complexity index is 1220. The topological polar surface area (TPSA) is 159 Å². The molecule has 0 fully saturated rings. The molecule has 0 amide bonds. The third-order valence-corrected chi connectivity index (χ3v) is 5.02. The summed E-state index contributed by atoms with van der Waals surface area (Å²) in [5, 5.41) is 4.79. The van der Waals surface area contributed by atoms with Crippen molar-refractivity contribution < 1.29 is 43.4 Å². The molecular weight excluding hydrogens is 464 g/mol. The molecule has 0 bridgehead atoms. The van der Waals surface area contributed by atoms with Gasteiger partial charge in [0.15, 0.2) is 12.4 Å². The van der Waals surface area contributed by atoms with Gasteiger partial charge in [0.2, 0.25) is 20.8 Å². The highest BCUT2D eigenvalue weighted by Crippen LogP contribution is 2.18. The maximum absolute atomic E-state index is 9.22. The number of aryl methyl sites for hydroxylation is 4.